The SMILES string of the molecule is CC(C)(C)OC(=O)NC[C@@H](O)c1ccccc1Cl. The molecule has 1 amide bonds. The maximum atomic E-state index is 11.4. The van der Waals surface area contributed by atoms with E-state index in [9.17, 15) is 9.90 Å². The number of nitrogens with one attached hydrogen (secondary N) is 1. The Morgan fingerprint density at radius 3 is 2.61 bits per heavy atom. The molecule has 0 heterocycles. The highest BCUT2D eigenvalue weighted by molar-refractivity contribution is 6.31. The van der Waals surface area contributed by atoms with Gasteiger partial charge in [0.05, 0.1) is 12.6 Å². The zero-order valence-electron chi connectivity index (χ0n) is 10.7. The summed E-state index contributed by atoms with van der Waals surface area (Å²) in [5, 5.41) is 12.9. The number of carbonyl (C=O) groups excluding carboxylic acids is 1. The van der Waals surface area contributed by atoms with Crippen LogP contribution >= 0.6 is 11.6 Å². The van der Waals surface area contributed by atoms with Crippen LogP contribution in [0.1, 0.15) is 32.4 Å². The molecule has 0 fully saturated rings. The lowest BCUT2D eigenvalue weighted by molar-refractivity contribution is 0.0492. The fraction of sp³-hybridized carbons (Fsp3) is 0.462. The molecule has 0 bridgehead atoms. The molecular formula is C13H18ClNO3. The first-order valence-corrected chi connectivity index (χ1v) is 6.07. The molecule has 0 aliphatic carbocycles. The number of halogens is 1. The Bertz CT molecular complexity index is 415. The maximum absolute atomic E-state index is 11.4. The Kier molecular flexibility index (Phi) is 4.99. The molecule has 0 saturated heterocycles. The van der Waals surface area contributed by atoms with Crippen LogP contribution in [0.2, 0.25) is 5.02 Å². The van der Waals surface area contributed by atoms with Crippen LogP contribution in [-0.4, -0.2) is 23.3 Å². The van der Waals surface area contributed by atoms with Crippen LogP contribution in [-0.2, 0) is 4.74 Å². The van der Waals surface area contributed by atoms with Gasteiger partial charge < -0.3 is 15.2 Å². The van der Waals surface area contributed by atoms with Crippen molar-refractivity contribution in [3.63, 3.8) is 0 Å². The van der Waals surface area contributed by atoms with E-state index in [1.165, 1.54) is 0 Å². The minimum absolute atomic E-state index is 0.0542. The summed E-state index contributed by atoms with van der Waals surface area (Å²) in [4.78, 5) is 11.4. The van der Waals surface area contributed by atoms with Crippen LogP contribution in [0, 0.1) is 0 Å². The summed E-state index contributed by atoms with van der Waals surface area (Å²) in [6.07, 6.45) is -1.42. The Balaban J connectivity index is 2.49. The molecule has 0 unspecified atom stereocenters. The number of ether oxygens (including phenoxy) is 1. The third-order valence-corrected chi connectivity index (χ3v) is 2.45. The molecule has 0 spiro atoms. The molecule has 0 saturated carbocycles. The predicted octanol–water partition coefficient (Wildman–Crippen LogP) is 2.90. The first kappa shape index (κ1) is 14.8. The summed E-state index contributed by atoms with van der Waals surface area (Å²) in [5.74, 6) is 0. The van der Waals surface area contributed by atoms with E-state index in [1.54, 1.807) is 45.0 Å². The van der Waals surface area contributed by atoms with E-state index in [1.807, 2.05) is 0 Å². The molecule has 4 nitrogen and oxygen atoms in total. The van der Waals surface area contributed by atoms with Gasteiger partial charge in [-0.15, -0.1) is 0 Å². The van der Waals surface area contributed by atoms with Crippen LogP contribution in [0.3, 0.4) is 0 Å². The predicted molar refractivity (Wildman–Crippen MR) is 70.6 cm³/mol. The third kappa shape index (κ3) is 4.94. The summed E-state index contributed by atoms with van der Waals surface area (Å²) < 4.78 is 5.06. The van der Waals surface area contributed by atoms with E-state index >= 15 is 0 Å². The summed E-state index contributed by atoms with van der Waals surface area (Å²) in [6.45, 7) is 5.38. The van der Waals surface area contributed by atoms with Gasteiger partial charge in [-0.2, -0.15) is 0 Å². The maximum Gasteiger partial charge on any atom is 0.407 e. The second kappa shape index (κ2) is 6.07. The van der Waals surface area contributed by atoms with E-state index < -0.39 is 17.8 Å². The smallest absolute Gasteiger partial charge is 0.407 e. The van der Waals surface area contributed by atoms with Gasteiger partial charge in [-0.25, -0.2) is 4.79 Å². The largest absolute Gasteiger partial charge is 0.444 e. The first-order chi connectivity index (χ1) is 8.29. The number of amides is 1. The highest BCUT2D eigenvalue weighted by Crippen LogP contribution is 2.21. The molecule has 1 atom stereocenters. The van der Waals surface area contributed by atoms with Gasteiger partial charge in [0.15, 0.2) is 0 Å². The highest BCUT2D eigenvalue weighted by Gasteiger charge is 2.17. The lowest BCUT2D eigenvalue weighted by Gasteiger charge is -2.20. The van der Waals surface area contributed by atoms with Gasteiger partial charge >= 0.3 is 6.09 Å². The lowest BCUT2D eigenvalue weighted by atomic mass is 10.1. The van der Waals surface area contributed by atoms with Crippen molar-refractivity contribution in [3.8, 4) is 0 Å². The standard InChI is InChI=1S/C13H18ClNO3/c1-13(2,3)18-12(17)15-8-11(16)9-6-4-5-7-10(9)14/h4-7,11,16H,8H2,1-3H3,(H,15,17)/t11-/m1/s1. The van der Waals surface area contributed by atoms with Crippen molar-refractivity contribution in [2.45, 2.75) is 32.5 Å². The van der Waals surface area contributed by atoms with E-state index in [0.717, 1.165) is 0 Å². The number of alkyl carbamates (subject to hydrolysis) is 1. The molecule has 0 aliphatic rings. The molecule has 0 aliphatic heterocycles. The minimum Gasteiger partial charge on any atom is -0.444 e. The molecule has 0 aromatic heterocycles. The second-order valence-corrected chi connectivity index (χ2v) is 5.33. The summed E-state index contributed by atoms with van der Waals surface area (Å²) in [5.41, 5.74) is 0.0228. The molecule has 18 heavy (non-hydrogen) atoms. The number of aliphatic hydroxyl groups excluding tert-OH is 1. The number of rotatable bonds is 3. The van der Waals surface area contributed by atoms with Gasteiger partial charge in [0, 0.05) is 10.6 Å². The molecule has 1 aromatic carbocycles. The molecule has 1 aromatic rings. The van der Waals surface area contributed by atoms with Gasteiger partial charge in [-0.3, -0.25) is 0 Å². The quantitative estimate of drug-likeness (QED) is 0.889. The number of aliphatic hydroxyl groups is 1. The van der Waals surface area contributed by atoms with Crippen LogP contribution in [0.4, 0.5) is 4.79 Å². The van der Waals surface area contributed by atoms with Crippen LogP contribution in [0.5, 0.6) is 0 Å². The van der Waals surface area contributed by atoms with Crippen molar-refractivity contribution >= 4 is 17.7 Å². The summed E-state index contributed by atoms with van der Waals surface area (Å²) >= 11 is 5.94. The Hall–Kier alpha value is -1.26. The number of hydrogen-bond donors (Lipinski definition) is 2. The zero-order chi connectivity index (χ0) is 13.8. The zero-order valence-corrected chi connectivity index (χ0v) is 11.5. The van der Waals surface area contributed by atoms with Crippen LogP contribution in [0.15, 0.2) is 24.3 Å². The fourth-order valence-electron chi connectivity index (χ4n) is 1.35. The fourth-order valence-corrected chi connectivity index (χ4v) is 1.61. The minimum atomic E-state index is -0.855. The van der Waals surface area contributed by atoms with Crippen molar-refractivity contribution in [3.05, 3.63) is 34.9 Å². The monoisotopic (exact) mass is 271 g/mol. The van der Waals surface area contributed by atoms with Crippen LogP contribution in [0.25, 0.3) is 0 Å². The van der Waals surface area contributed by atoms with Gasteiger partial charge in [-0.1, -0.05) is 29.8 Å². The summed E-state index contributed by atoms with van der Waals surface area (Å²) in [6, 6.07) is 6.95. The number of hydrogen-bond acceptors (Lipinski definition) is 3. The Morgan fingerprint density at radius 2 is 2.06 bits per heavy atom. The van der Waals surface area contributed by atoms with E-state index in [-0.39, 0.29) is 6.54 Å². The van der Waals surface area contributed by atoms with E-state index in [2.05, 4.69) is 5.32 Å². The summed E-state index contributed by atoms with van der Waals surface area (Å²) in [7, 11) is 0. The third-order valence-electron chi connectivity index (χ3n) is 2.10. The van der Waals surface area contributed by atoms with Gasteiger partial charge in [0.25, 0.3) is 0 Å². The molecule has 2 N–H and O–H groups in total. The first-order valence-electron chi connectivity index (χ1n) is 5.69. The van der Waals surface area contributed by atoms with Crippen molar-refractivity contribution < 1.29 is 14.6 Å². The highest BCUT2D eigenvalue weighted by atomic mass is 35.5. The van der Waals surface area contributed by atoms with E-state index in [4.69, 9.17) is 16.3 Å². The number of benzene rings is 1. The second-order valence-electron chi connectivity index (χ2n) is 4.92. The Labute approximate surface area is 112 Å². The van der Waals surface area contributed by atoms with Gasteiger partial charge in [0.1, 0.15) is 5.60 Å². The molecule has 1 rings (SSSR count). The van der Waals surface area contributed by atoms with Crippen LogP contribution < -0.4 is 5.32 Å². The average Bonchev–Trinajstić information content (AvgIpc) is 2.24. The Morgan fingerprint density at radius 1 is 1.44 bits per heavy atom. The van der Waals surface area contributed by atoms with Gasteiger partial charge in [-0.05, 0) is 26.8 Å². The topological polar surface area (TPSA) is 58.6 Å². The molecule has 5 heteroatoms. The van der Waals surface area contributed by atoms with Crippen molar-refractivity contribution in [2.75, 3.05) is 6.54 Å². The normalized spacial score (nSPS) is 12.9. The van der Waals surface area contributed by atoms with Gasteiger partial charge in [0.2, 0.25) is 0 Å². The average molecular weight is 272 g/mol. The van der Waals surface area contributed by atoms with Crippen molar-refractivity contribution in [2.24, 2.45) is 0 Å². The molecular weight excluding hydrogens is 254 g/mol. The van der Waals surface area contributed by atoms with Crippen molar-refractivity contribution in [1.29, 1.82) is 0 Å². The molecule has 0 radical (unpaired) electrons. The van der Waals surface area contributed by atoms with E-state index in [0.29, 0.717) is 10.6 Å². The number of carbonyl (C=O) groups is 1. The molecule has 100 valence electrons. The van der Waals surface area contributed by atoms with Crippen molar-refractivity contribution in [1.82, 2.24) is 5.32 Å². The lowest BCUT2D eigenvalue weighted by Crippen LogP contribution is -2.34.